The first-order valence-electron chi connectivity index (χ1n) is 8.98. The zero-order valence-electron chi connectivity index (χ0n) is 15.7. The van der Waals surface area contributed by atoms with Crippen LogP contribution in [-0.4, -0.2) is 29.0 Å². The molecule has 1 aromatic carbocycles. The Balaban J connectivity index is 2.31. The van der Waals surface area contributed by atoms with E-state index < -0.39 is 18.1 Å². The average Bonchev–Trinajstić information content (AvgIpc) is 2.53. The molecule has 1 fully saturated rings. The molecule has 4 nitrogen and oxygen atoms in total. The minimum atomic E-state index is -4.80. The number of nitrogens with zero attached hydrogens (tertiary/aromatic N) is 1. The maximum Gasteiger partial charge on any atom is 0.573 e. The molecule has 2 rings (SSSR count). The lowest BCUT2D eigenvalue weighted by Crippen LogP contribution is -2.43. The lowest BCUT2D eigenvalue weighted by molar-refractivity contribution is -0.275. The van der Waals surface area contributed by atoms with Gasteiger partial charge in [-0.25, -0.2) is 4.79 Å². The number of alkyl halides is 3. The van der Waals surface area contributed by atoms with E-state index in [0.29, 0.717) is 4.47 Å². The topological polar surface area (TPSA) is 38.8 Å². The molecule has 1 aromatic rings. The van der Waals surface area contributed by atoms with Gasteiger partial charge in [-0.3, -0.25) is 0 Å². The molecule has 1 aliphatic carbocycles. The molecule has 0 spiro atoms. The van der Waals surface area contributed by atoms with Crippen LogP contribution in [-0.2, 0) is 11.3 Å². The first-order valence-corrected chi connectivity index (χ1v) is 9.78. The Hall–Kier alpha value is -1.44. The predicted molar refractivity (Wildman–Crippen MR) is 99.5 cm³/mol. The quantitative estimate of drug-likeness (QED) is 0.530. The van der Waals surface area contributed by atoms with Crippen molar-refractivity contribution in [3.63, 3.8) is 0 Å². The molecule has 8 heteroatoms. The largest absolute Gasteiger partial charge is 0.573 e. The summed E-state index contributed by atoms with van der Waals surface area (Å²) in [6, 6.07) is 4.21. The molecule has 0 radical (unpaired) electrons. The Morgan fingerprint density at radius 2 is 1.81 bits per heavy atom. The second-order valence-electron chi connectivity index (χ2n) is 7.70. The van der Waals surface area contributed by atoms with Crippen LogP contribution in [0.15, 0.2) is 22.7 Å². The zero-order chi connectivity index (χ0) is 20.2. The van der Waals surface area contributed by atoms with Crippen LogP contribution in [0.1, 0.15) is 58.4 Å². The molecule has 0 bridgehead atoms. The Labute approximate surface area is 166 Å². The van der Waals surface area contributed by atoms with Gasteiger partial charge in [0, 0.05) is 16.1 Å². The molecule has 0 saturated heterocycles. The summed E-state index contributed by atoms with van der Waals surface area (Å²) in [5, 5.41) is 0. The van der Waals surface area contributed by atoms with Gasteiger partial charge in [-0.05, 0) is 51.8 Å². The maximum absolute atomic E-state index is 12.8. The predicted octanol–water partition coefficient (Wildman–Crippen LogP) is 6.42. The zero-order valence-corrected chi connectivity index (χ0v) is 17.3. The highest BCUT2D eigenvalue weighted by atomic mass is 79.9. The Kier molecular flexibility index (Phi) is 7.05. The van der Waals surface area contributed by atoms with E-state index in [9.17, 15) is 18.0 Å². The third kappa shape index (κ3) is 7.24. The molecule has 0 unspecified atom stereocenters. The summed E-state index contributed by atoms with van der Waals surface area (Å²) in [5.74, 6) is -0.310. The van der Waals surface area contributed by atoms with E-state index in [1.165, 1.54) is 17.0 Å². The summed E-state index contributed by atoms with van der Waals surface area (Å²) in [7, 11) is 0. The fourth-order valence-electron chi connectivity index (χ4n) is 3.14. The van der Waals surface area contributed by atoms with Crippen molar-refractivity contribution in [3.8, 4) is 5.75 Å². The van der Waals surface area contributed by atoms with Gasteiger partial charge in [-0.15, -0.1) is 13.2 Å². The lowest BCUT2D eigenvalue weighted by Gasteiger charge is -2.36. The van der Waals surface area contributed by atoms with Gasteiger partial charge in [0.05, 0.1) is 6.54 Å². The summed E-state index contributed by atoms with van der Waals surface area (Å²) in [4.78, 5) is 14.3. The van der Waals surface area contributed by atoms with E-state index >= 15 is 0 Å². The minimum Gasteiger partial charge on any atom is -0.444 e. The van der Waals surface area contributed by atoms with Gasteiger partial charge in [0.15, 0.2) is 0 Å². The van der Waals surface area contributed by atoms with Crippen LogP contribution in [0.2, 0.25) is 0 Å². The Bertz CT molecular complexity index is 653. The summed E-state index contributed by atoms with van der Waals surface area (Å²) in [6.07, 6.45) is -0.650. The second-order valence-corrected chi connectivity index (χ2v) is 8.62. The van der Waals surface area contributed by atoms with E-state index in [1.807, 2.05) is 0 Å². The van der Waals surface area contributed by atoms with Crippen LogP contribution in [0.4, 0.5) is 18.0 Å². The Morgan fingerprint density at radius 3 is 2.37 bits per heavy atom. The summed E-state index contributed by atoms with van der Waals surface area (Å²) < 4.78 is 48.5. The fourth-order valence-corrected chi connectivity index (χ4v) is 3.54. The standard InChI is InChI=1S/C19H25BrF3NO3/c1-18(2,3)27-17(25)24(15-7-5-4-6-8-15)12-13-11-14(20)9-10-16(13)26-19(21,22)23/h9-11,15H,4-8,12H2,1-3H3. The van der Waals surface area contributed by atoms with Crippen LogP contribution >= 0.6 is 15.9 Å². The maximum atomic E-state index is 12.8. The van der Waals surface area contributed by atoms with Crippen molar-refractivity contribution in [2.45, 2.75) is 77.4 Å². The van der Waals surface area contributed by atoms with Gasteiger partial charge in [0.1, 0.15) is 11.4 Å². The normalized spacial score (nSPS) is 16.1. The lowest BCUT2D eigenvalue weighted by atomic mass is 9.94. The van der Waals surface area contributed by atoms with Gasteiger partial charge in [0.25, 0.3) is 0 Å². The van der Waals surface area contributed by atoms with Gasteiger partial charge in [0.2, 0.25) is 0 Å². The van der Waals surface area contributed by atoms with Crippen LogP contribution in [0.3, 0.4) is 0 Å². The molecule has 0 atom stereocenters. The van der Waals surface area contributed by atoms with Crippen molar-refractivity contribution < 1.29 is 27.4 Å². The van der Waals surface area contributed by atoms with E-state index in [0.717, 1.165) is 32.1 Å². The number of amides is 1. The van der Waals surface area contributed by atoms with Crippen LogP contribution in [0.25, 0.3) is 0 Å². The average molecular weight is 452 g/mol. The SMILES string of the molecule is CC(C)(C)OC(=O)N(Cc1cc(Br)ccc1OC(F)(F)F)C1CCCCC1. The van der Waals surface area contributed by atoms with Crippen molar-refractivity contribution >= 4 is 22.0 Å². The molecule has 152 valence electrons. The Morgan fingerprint density at radius 1 is 1.19 bits per heavy atom. The molecule has 0 N–H and O–H groups in total. The summed E-state index contributed by atoms with van der Waals surface area (Å²) in [6.45, 7) is 5.29. The summed E-state index contributed by atoms with van der Waals surface area (Å²) in [5.41, 5.74) is -0.412. The number of hydrogen-bond donors (Lipinski definition) is 0. The van der Waals surface area contributed by atoms with Crippen LogP contribution < -0.4 is 4.74 Å². The fraction of sp³-hybridized carbons (Fsp3) is 0.632. The minimum absolute atomic E-state index is 0.00949. The molecule has 27 heavy (non-hydrogen) atoms. The van der Waals surface area contributed by atoms with Gasteiger partial charge >= 0.3 is 12.5 Å². The summed E-state index contributed by atoms with van der Waals surface area (Å²) >= 11 is 3.28. The number of rotatable bonds is 4. The van der Waals surface area contributed by atoms with Crippen molar-refractivity contribution in [3.05, 3.63) is 28.2 Å². The molecular weight excluding hydrogens is 427 g/mol. The third-order valence-electron chi connectivity index (χ3n) is 4.23. The number of hydrogen-bond acceptors (Lipinski definition) is 3. The molecule has 1 aliphatic rings. The van der Waals surface area contributed by atoms with Gasteiger partial charge < -0.3 is 14.4 Å². The number of carbonyl (C=O) groups is 1. The highest BCUT2D eigenvalue weighted by Gasteiger charge is 2.34. The number of carbonyl (C=O) groups excluding carboxylic acids is 1. The van der Waals surface area contributed by atoms with E-state index in [4.69, 9.17) is 4.74 Å². The van der Waals surface area contributed by atoms with Crippen LogP contribution in [0, 0.1) is 0 Å². The van der Waals surface area contributed by atoms with E-state index in [1.54, 1.807) is 26.8 Å². The first-order chi connectivity index (χ1) is 12.4. The number of ether oxygens (including phenoxy) is 2. The van der Waals surface area contributed by atoms with E-state index in [2.05, 4.69) is 20.7 Å². The first kappa shape index (κ1) is 21.9. The van der Waals surface area contributed by atoms with E-state index in [-0.39, 0.29) is 23.9 Å². The molecule has 0 heterocycles. The van der Waals surface area contributed by atoms with Gasteiger partial charge in [-0.2, -0.15) is 0 Å². The van der Waals surface area contributed by atoms with Crippen LogP contribution in [0.5, 0.6) is 5.75 Å². The molecule has 1 amide bonds. The molecule has 0 aromatic heterocycles. The monoisotopic (exact) mass is 451 g/mol. The molecule has 0 aliphatic heterocycles. The molecule has 1 saturated carbocycles. The second kappa shape index (κ2) is 8.71. The van der Waals surface area contributed by atoms with Crippen molar-refractivity contribution in [1.82, 2.24) is 4.90 Å². The van der Waals surface area contributed by atoms with Crippen molar-refractivity contribution in [2.24, 2.45) is 0 Å². The number of benzene rings is 1. The number of halogens is 4. The third-order valence-corrected chi connectivity index (χ3v) is 4.73. The van der Waals surface area contributed by atoms with Crippen molar-refractivity contribution in [2.75, 3.05) is 0 Å². The molecular formula is C19H25BrF3NO3. The smallest absolute Gasteiger partial charge is 0.444 e. The van der Waals surface area contributed by atoms with Gasteiger partial charge in [-0.1, -0.05) is 35.2 Å². The van der Waals surface area contributed by atoms with Crippen molar-refractivity contribution in [1.29, 1.82) is 0 Å². The highest BCUT2D eigenvalue weighted by molar-refractivity contribution is 9.10. The highest BCUT2D eigenvalue weighted by Crippen LogP contribution is 2.32.